The van der Waals surface area contributed by atoms with E-state index in [9.17, 15) is 4.79 Å². The van der Waals surface area contributed by atoms with E-state index in [1.54, 1.807) is 10.9 Å². The zero-order valence-electron chi connectivity index (χ0n) is 16.0. The number of rotatable bonds is 4. The fourth-order valence-corrected chi connectivity index (χ4v) is 3.61. The van der Waals surface area contributed by atoms with Gasteiger partial charge in [0.25, 0.3) is 5.91 Å². The molecular weight excluding hydrogens is 348 g/mol. The fraction of sp³-hybridized carbons (Fsp3) is 0.261. The van der Waals surface area contributed by atoms with Crippen molar-refractivity contribution in [3.05, 3.63) is 72.4 Å². The third-order valence-electron chi connectivity index (χ3n) is 5.09. The van der Waals surface area contributed by atoms with E-state index in [1.807, 2.05) is 60.7 Å². The maximum Gasteiger partial charge on any atom is 0.275 e. The predicted molar refractivity (Wildman–Crippen MR) is 112 cm³/mol. The Balaban J connectivity index is 1.65. The van der Waals surface area contributed by atoms with E-state index in [4.69, 9.17) is 0 Å². The Bertz CT molecular complexity index is 976. The average Bonchev–Trinajstić information content (AvgIpc) is 3.19. The highest BCUT2D eigenvalue weighted by molar-refractivity contribution is 6.00. The van der Waals surface area contributed by atoms with Crippen molar-refractivity contribution in [1.29, 1.82) is 0 Å². The van der Waals surface area contributed by atoms with Crippen LogP contribution in [-0.2, 0) is 0 Å². The minimum atomic E-state index is -0.230. The molecule has 2 aromatic carbocycles. The van der Waals surface area contributed by atoms with E-state index in [1.165, 1.54) is 6.42 Å². The van der Waals surface area contributed by atoms with Gasteiger partial charge in [-0.2, -0.15) is 10.2 Å². The largest absolute Gasteiger partial charge is 0.275 e. The summed E-state index contributed by atoms with van der Waals surface area (Å²) in [6.07, 6.45) is 6.05. The van der Waals surface area contributed by atoms with E-state index >= 15 is 0 Å². The average molecular weight is 372 g/mol. The second-order valence-corrected chi connectivity index (χ2v) is 7.36. The lowest BCUT2D eigenvalue weighted by molar-refractivity contribution is 0.0955. The van der Waals surface area contributed by atoms with E-state index in [-0.39, 0.29) is 5.91 Å². The van der Waals surface area contributed by atoms with Crippen molar-refractivity contribution in [2.45, 2.75) is 32.6 Å². The number of amides is 1. The molecule has 1 heterocycles. The smallest absolute Gasteiger partial charge is 0.267 e. The first-order chi connectivity index (χ1) is 13.7. The van der Waals surface area contributed by atoms with Crippen LogP contribution in [0.4, 0.5) is 0 Å². The second-order valence-electron chi connectivity index (χ2n) is 7.36. The maximum absolute atomic E-state index is 12.9. The molecule has 1 saturated carbocycles. The topological polar surface area (TPSA) is 59.3 Å². The summed E-state index contributed by atoms with van der Waals surface area (Å²) in [6, 6.07) is 19.6. The zero-order valence-corrected chi connectivity index (χ0v) is 16.0. The standard InChI is InChI=1S/C23H24N4O/c1-17-9-8-12-19(15-17)24-25-23(28)21-16-27(20-13-6-3-7-14-20)26-22(21)18-10-4-2-5-11-18/h2-7,10-11,13-14,16-17H,8-9,12,15H2,1H3,(H,25,28)/b24-19+/t17-/m0/s1. The molecule has 1 N–H and O–H groups in total. The number of hydrogen-bond donors (Lipinski definition) is 1. The molecule has 1 atom stereocenters. The summed E-state index contributed by atoms with van der Waals surface area (Å²) in [5, 5.41) is 9.09. The van der Waals surface area contributed by atoms with E-state index < -0.39 is 0 Å². The lowest BCUT2D eigenvalue weighted by atomic mass is 9.89. The Hall–Kier alpha value is -3.21. The van der Waals surface area contributed by atoms with E-state index in [2.05, 4.69) is 22.5 Å². The first-order valence-corrected chi connectivity index (χ1v) is 9.77. The van der Waals surface area contributed by atoms with Gasteiger partial charge in [0.05, 0.1) is 11.3 Å². The molecule has 0 spiro atoms. The normalized spacial score (nSPS) is 18.2. The number of carbonyl (C=O) groups excluding carboxylic acids is 1. The summed E-state index contributed by atoms with van der Waals surface area (Å²) < 4.78 is 1.74. The maximum atomic E-state index is 12.9. The molecule has 1 aliphatic carbocycles. The van der Waals surface area contributed by atoms with Crippen LogP contribution in [0, 0.1) is 5.92 Å². The van der Waals surface area contributed by atoms with Crippen LogP contribution >= 0.6 is 0 Å². The van der Waals surface area contributed by atoms with Crippen LogP contribution in [-0.4, -0.2) is 21.4 Å². The number of benzene rings is 2. The molecule has 5 nitrogen and oxygen atoms in total. The van der Waals surface area contributed by atoms with Gasteiger partial charge in [-0.1, -0.05) is 55.5 Å². The van der Waals surface area contributed by atoms with Crippen LogP contribution in [0.1, 0.15) is 43.0 Å². The lowest BCUT2D eigenvalue weighted by Crippen LogP contribution is -2.22. The predicted octanol–water partition coefficient (Wildman–Crippen LogP) is 4.84. The molecule has 5 heteroatoms. The number of nitrogens with zero attached hydrogens (tertiary/aromatic N) is 3. The van der Waals surface area contributed by atoms with Gasteiger partial charge in [-0.15, -0.1) is 0 Å². The van der Waals surface area contributed by atoms with Crippen molar-refractivity contribution >= 4 is 11.6 Å². The summed E-state index contributed by atoms with van der Waals surface area (Å²) in [5.74, 6) is 0.400. The first-order valence-electron chi connectivity index (χ1n) is 9.77. The molecule has 1 aromatic heterocycles. The van der Waals surface area contributed by atoms with Gasteiger partial charge in [0.2, 0.25) is 0 Å². The Morgan fingerprint density at radius 1 is 1.11 bits per heavy atom. The van der Waals surface area contributed by atoms with Crippen LogP contribution in [0.15, 0.2) is 72.0 Å². The van der Waals surface area contributed by atoms with Gasteiger partial charge < -0.3 is 0 Å². The Kier molecular flexibility index (Phi) is 5.33. The molecule has 0 aliphatic heterocycles. The summed E-state index contributed by atoms with van der Waals surface area (Å²) >= 11 is 0. The molecule has 1 aliphatic rings. The Labute approximate surface area is 165 Å². The zero-order chi connectivity index (χ0) is 19.3. The molecule has 28 heavy (non-hydrogen) atoms. The molecule has 1 amide bonds. The molecule has 0 bridgehead atoms. The summed E-state index contributed by atoms with van der Waals surface area (Å²) in [5.41, 5.74) is 6.81. The number of hydrogen-bond acceptors (Lipinski definition) is 3. The highest BCUT2D eigenvalue weighted by Gasteiger charge is 2.19. The van der Waals surface area contributed by atoms with Gasteiger partial charge in [-0.25, -0.2) is 10.1 Å². The van der Waals surface area contributed by atoms with Crippen LogP contribution in [0.5, 0.6) is 0 Å². The highest BCUT2D eigenvalue weighted by Crippen LogP contribution is 2.24. The Morgan fingerprint density at radius 2 is 1.82 bits per heavy atom. The quantitative estimate of drug-likeness (QED) is 0.667. The fourth-order valence-electron chi connectivity index (χ4n) is 3.61. The molecule has 0 unspecified atom stereocenters. The highest BCUT2D eigenvalue weighted by atomic mass is 16.2. The molecule has 0 radical (unpaired) electrons. The number of hydrazone groups is 1. The summed E-state index contributed by atoms with van der Waals surface area (Å²) in [7, 11) is 0. The minimum Gasteiger partial charge on any atom is -0.267 e. The van der Waals surface area contributed by atoms with Crippen LogP contribution in [0.2, 0.25) is 0 Å². The number of para-hydroxylation sites is 1. The third-order valence-corrected chi connectivity index (χ3v) is 5.09. The molecule has 142 valence electrons. The Morgan fingerprint density at radius 3 is 2.54 bits per heavy atom. The van der Waals surface area contributed by atoms with Gasteiger partial charge in [0, 0.05) is 17.5 Å². The third kappa shape index (κ3) is 4.03. The van der Waals surface area contributed by atoms with Crippen molar-refractivity contribution in [2.24, 2.45) is 11.0 Å². The minimum absolute atomic E-state index is 0.230. The van der Waals surface area contributed by atoms with Crippen LogP contribution in [0.3, 0.4) is 0 Å². The number of carbonyl (C=O) groups is 1. The molecule has 3 aromatic rings. The second kappa shape index (κ2) is 8.21. The van der Waals surface area contributed by atoms with Gasteiger partial charge in [-0.05, 0) is 43.7 Å². The number of aromatic nitrogens is 2. The molecule has 1 fully saturated rings. The van der Waals surface area contributed by atoms with Gasteiger partial charge in [0.15, 0.2) is 0 Å². The van der Waals surface area contributed by atoms with Gasteiger partial charge in [-0.3, -0.25) is 4.79 Å². The van der Waals surface area contributed by atoms with Crippen molar-refractivity contribution in [3.8, 4) is 16.9 Å². The van der Waals surface area contributed by atoms with E-state index in [0.717, 1.165) is 36.2 Å². The monoisotopic (exact) mass is 372 g/mol. The summed E-state index contributed by atoms with van der Waals surface area (Å²) in [4.78, 5) is 12.9. The molecular formula is C23H24N4O. The van der Waals surface area contributed by atoms with Crippen molar-refractivity contribution < 1.29 is 4.79 Å². The van der Waals surface area contributed by atoms with Crippen molar-refractivity contribution in [2.75, 3.05) is 0 Å². The summed E-state index contributed by atoms with van der Waals surface area (Å²) in [6.45, 7) is 2.23. The number of nitrogens with one attached hydrogen (secondary N) is 1. The van der Waals surface area contributed by atoms with Gasteiger partial charge >= 0.3 is 0 Å². The van der Waals surface area contributed by atoms with Crippen molar-refractivity contribution in [1.82, 2.24) is 15.2 Å². The van der Waals surface area contributed by atoms with Crippen molar-refractivity contribution in [3.63, 3.8) is 0 Å². The van der Waals surface area contributed by atoms with E-state index in [0.29, 0.717) is 17.2 Å². The van der Waals surface area contributed by atoms with Gasteiger partial charge in [0.1, 0.15) is 5.69 Å². The lowest BCUT2D eigenvalue weighted by Gasteiger charge is -2.18. The van der Waals surface area contributed by atoms with Crippen LogP contribution in [0.25, 0.3) is 16.9 Å². The molecule has 4 rings (SSSR count). The first kappa shape index (κ1) is 18.2. The van der Waals surface area contributed by atoms with Crippen LogP contribution < -0.4 is 5.43 Å². The SMILES string of the molecule is C[C@H]1CCC/C(=N\NC(=O)c2cn(-c3ccccc3)nc2-c2ccccc2)C1. The molecule has 0 saturated heterocycles.